The molecule has 0 aliphatic carbocycles. The number of imide groups is 1. The fourth-order valence-corrected chi connectivity index (χ4v) is 1.59. The van der Waals surface area contributed by atoms with Crippen LogP contribution in [0.2, 0.25) is 0 Å². The number of amides is 2. The number of ether oxygens (including phenoxy) is 3. The van der Waals surface area contributed by atoms with Crippen LogP contribution in [0, 0.1) is 0 Å². The van der Waals surface area contributed by atoms with Crippen LogP contribution in [0.4, 0.5) is 4.79 Å². The summed E-state index contributed by atoms with van der Waals surface area (Å²) >= 11 is 0. The predicted octanol–water partition coefficient (Wildman–Crippen LogP) is 1.31. The van der Waals surface area contributed by atoms with E-state index in [1.165, 1.54) is 20.3 Å². The molecule has 1 aromatic carbocycles. The number of hydrogen-bond acceptors (Lipinski definition) is 5. The maximum atomic E-state index is 11.3. The van der Waals surface area contributed by atoms with Gasteiger partial charge in [-0.05, 0) is 12.1 Å². The third kappa shape index (κ3) is 2.13. The number of para-hydroxylation sites is 1. The Morgan fingerprint density at radius 1 is 1.22 bits per heavy atom. The first kappa shape index (κ1) is 12.0. The van der Waals surface area contributed by atoms with E-state index in [2.05, 4.69) is 0 Å². The highest BCUT2D eigenvalue weighted by Gasteiger charge is 2.26. The molecule has 1 aliphatic heterocycles. The Kier molecular flexibility index (Phi) is 3.18. The molecule has 6 nitrogen and oxygen atoms in total. The molecule has 2 rings (SSSR count). The van der Waals surface area contributed by atoms with E-state index in [4.69, 9.17) is 14.2 Å². The van der Waals surface area contributed by atoms with E-state index in [9.17, 15) is 9.59 Å². The van der Waals surface area contributed by atoms with E-state index in [1.54, 1.807) is 18.2 Å². The van der Waals surface area contributed by atoms with E-state index < -0.39 is 12.0 Å². The second-order valence-electron chi connectivity index (χ2n) is 3.43. The van der Waals surface area contributed by atoms with E-state index >= 15 is 0 Å². The lowest BCUT2D eigenvalue weighted by atomic mass is 10.1. The molecule has 18 heavy (non-hydrogen) atoms. The first-order valence-corrected chi connectivity index (χ1v) is 5.11. The molecule has 1 heterocycles. The van der Waals surface area contributed by atoms with E-state index in [1.807, 2.05) is 5.32 Å². The van der Waals surface area contributed by atoms with Crippen molar-refractivity contribution in [1.82, 2.24) is 5.32 Å². The Morgan fingerprint density at radius 2 is 2.00 bits per heavy atom. The Morgan fingerprint density at radius 3 is 2.56 bits per heavy atom. The number of carbonyl (C=O) groups excluding carboxylic acids is 2. The lowest BCUT2D eigenvalue weighted by molar-refractivity contribution is -0.116. The average Bonchev–Trinajstić information content (AvgIpc) is 2.67. The summed E-state index contributed by atoms with van der Waals surface area (Å²) in [6, 6.07) is 5.18. The Labute approximate surface area is 103 Å². The monoisotopic (exact) mass is 249 g/mol. The minimum Gasteiger partial charge on any atom is -0.493 e. The van der Waals surface area contributed by atoms with Crippen LogP contribution >= 0.6 is 0 Å². The van der Waals surface area contributed by atoms with Crippen molar-refractivity contribution in [2.24, 2.45) is 0 Å². The van der Waals surface area contributed by atoms with Gasteiger partial charge in [0.2, 0.25) is 0 Å². The van der Waals surface area contributed by atoms with E-state index in [0.717, 1.165) is 0 Å². The maximum Gasteiger partial charge on any atom is 0.419 e. The van der Waals surface area contributed by atoms with Gasteiger partial charge in [-0.15, -0.1) is 0 Å². The number of benzene rings is 1. The minimum absolute atomic E-state index is 0.0773. The van der Waals surface area contributed by atoms with Crippen molar-refractivity contribution in [1.29, 1.82) is 0 Å². The normalized spacial score (nSPS) is 16.4. The summed E-state index contributed by atoms with van der Waals surface area (Å²) in [6.07, 6.45) is 0.634. The largest absolute Gasteiger partial charge is 0.493 e. The zero-order valence-electron chi connectivity index (χ0n) is 9.85. The van der Waals surface area contributed by atoms with Crippen LogP contribution in [0.3, 0.4) is 0 Å². The Balaban J connectivity index is 2.43. The van der Waals surface area contributed by atoms with Crippen LogP contribution in [0.25, 0.3) is 6.08 Å². The summed E-state index contributed by atoms with van der Waals surface area (Å²) in [4.78, 5) is 22.2. The molecule has 1 N–H and O–H groups in total. The van der Waals surface area contributed by atoms with Crippen molar-refractivity contribution < 1.29 is 23.8 Å². The van der Waals surface area contributed by atoms with Gasteiger partial charge in [-0.25, -0.2) is 4.79 Å². The number of alkyl carbamates (subject to hydrolysis) is 1. The Bertz CT molecular complexity index is 535. The predicted molar refractivity (Wildman–Crippen MR) is 62.1 cm³/mol. The van der Waals surface area contributed by atoms with Crippen LogP contribution in [-0.2, 0) is 9.53 Å². The quantitative estimate of drug-likeness (QED) is 0.817. The van der Waals surface area contributed by atoms with Crippen LogP contribution < -0.4 is 14.8 Å². The second-order valence-corrected chi connectivity index (χ2v) is 3.43. The van der Waals surface area contributed by atoms with E-state index in [-0.39, 0.29) is 5.76 Å². The fourth-order valence-electron chi connectivity index (χ4n) is 1.59. The van der Waals surface area contributed by atoms with Crippen molar-refractivity contribution in [2.75, 3.05) is 14.2 Å². The van der Waals surface area contributed by atoms with Crippen molar-refractivity contribution in [2.45, 2.75) is 0 Å². The van der Waals surface area contributed by atoms with E-state index in [0.29, 0.717) is 17.1 Å². The number of carbonyl (C=O) groups is 2. The average molecular weight is 249 g/mol. The molecule has 1 fully saturated rings. The summed E-state index contributed by atoms with van der Waals surface area (Å²) in [7, 11) is 3.00. The summed E-state index contributed by atoms with van der Waals surface area (Å²) in [5.41, 5.74) is 0.580. The maximum absolute atomic E-state index is 11.3. The number of cyclic esters (lactones) is 1. The third-order valence-corrected chi connectivity index (χ3v) is 2.36. The molecule has 0 bridgehead atoms. The highest BCUT2D eigenvalue weighted by atomic mass is 16.6. The lowest BCUT2D eigenvalue weighted by Gasteiger charge is -2.09. The molecule has 0 radical (unpaired) electrons. The molecule has 0 spiro atoms. The number of hydrogen-bond donors (Lipinski definition) is 1. The summed E-state index contributed by atoms with van der Waals surface area (Å²) in [6.45, 7) is 0. The highest BCUT2D eigenvalue weighted by molar-refractivity contribution is 6.10. The van der Waals surface area contributed by atoms with Crippen molar-refractivity contribution in [3.05, 3.63) is 29.5 Å². The number of rotatable bonds is 3. The molecule has 1 aliphatic rings. The van der Waals surface area contributed by atoms with Gasteiger partial charge in [0.1, 0.15) is 0 Å². The van der Waals surface area contributed by atoms with Crippen molar-refractivity contribution in [3.8, 4) is 11.5 Å². The molecule has 1 aromatic rings. The van der Waals surface area contributed by atoms with Gasteiger partial charge in [-0.3, -0.25) is 10.1 Å². The van der Waals surface area contributed by atoms with Crippen molar-refractivity contribution in [3.63, 3.8) is 0 Å². The lowest BCUT2D eigenvalue weighted by Crippen LogP contribution is -2.18. The fraction of sp³-hybridized carbons (Fsp3) is 0.167. The zero-order chi connectivity index (χ0) is 13.1. The molecular formula is C12H11NO5. The van der Waals surface area contributed by atoms with Crippen molar-refractivity contribution >= 4 is 18.1 Å². The SMILES string of the molecule is COc1cccc(/C=C2/OC(=O)NC2=O)c1OC. The van der Waals surface area contributed by atoms with Gasteiger partial charge >= 0.3 is 6.09 Å². The summed E-state index contributed by atoms with van der Waals surface area (Å²) in [5.74, 6) is 0.330. The zero-order valence-corrected chi connectivity index (χ0v) is 9.85. The van der Waals surface area contributed by atoms with Crippen LogP contribution in [0.15, 0.2) is 24.0 Å². The molecule has 0 saturated carbocycles. The smallest absolute Gasteiger partial charge is 0.419 e. The van der Waals surface area contributed by atoms with Gasteiger partial charge < -0.3 is 14.2 Å². The molecule has 1 saturated heterocycles. The summed E-state index contributed by atoms with van der Waals surface area (Å²) in [5, 5.41) is 2.01. The van der Waals surface area contributed by atoms with Gasteiger partial charge in [0, 0.05) is 5.56 Å². The first-order valence-electron chi connectivity index (χ1n) is 5.11. The molecule has 6 heteroatoms. The highest BCUT2D eigenvalue weighted by Crippen LogP contribution is 2.32. The molecule has 0 unspecified atom stereocenters. The molecular weight excluding hydrogens is 238 g/mol. The third-order valence-electron chi connectivity index (χ3n) is 2.36. The molecule has 2 amide bonds. The number of nitrogens with one attached hydrogen (secondary N) is 1. The minimum atomic E-state index is -0.784. The summed E-state index contributed by atoms with van der Waals surface area (Å²) < 4.78 is 15.0. The molecule has 0 aromatic heterocycles. The van der Waals surface area contributed by atoms with Gasteiger partial charge in [0.05, 0.1) is 14.2 Å². The van der Waals surface area contributed by atoms with Gasteiger partial charge in [-0.1, -0.05) is 12.1 Å². The molecule has 94 valence electrons. The second kappa shape index (κ2) is 4.79. The van der Waals surface area contributed by atoms with Gasteiger partial charge in [0.25, 0.3) is 5.91 Å². The van der Waals surface area contributed by atoms with Gasteiger partial charge in [0.15, 0.2) is 17.3 Å². The van der Waals surface area contributed by atoms with Crippen LogP contribution in [-0.4, -0.2) is 26.2 Å². The Hall–Kier alpha value is -2.50. The standard InChI is InChI=1S/C12H11NO5/c1-16-8-5-3-4-7(10(8)17-2)6-9-11(14)13-12(15)18-9/h3-6H,1-2H3,(H,13,14,15)/b9-6+. The molecule has 0 atom stereocenters. The van der Waals surface area contributed by atoms with Crippen LogP contribution in [0.5, 0.6) is 11.5 Å². The van der Waals surface area contributed by atoms with Gasteiger partial charge in [-0.2, -0.15) is 0 Å². The number of methoxy groups -OCH3 is 2. The topological polar surface area (TPSA) is 73.9 Å². The van der Waals surface area contributed by atoms with Crippen LogP contribution in [0.1, 0.15) is 5.56 Å². The first-order chi connectivity index (χ1) is 8.65.